The van der Waals surface area contributed by atoms with E-state index in [0.29, 0.717) is 30.5 Å². The van der Waals surface area contributed by atoms with Gasteiger partial charge in [-0.25, -0.2) is 12.8 Å². The molecule has 0 radical (unpaired) electrons. The quantitative estimate of drug-likeness (QED) is 0.860. The zero-order valence-corrected chi connectivity index (χ0v) is 15.0. The first kappa shape index (κ1) is 18.1. The lowest BCUT2D eigenvalue weighted by Gasteiger charge is -2.26. The molecule has 0 aliphatic carbocycles. The maximum absolute atomic E-state index is 14.1. The number of ether oxygens (including phenoxy) is 1. The fourth-order valence-electron chi connectivity index (χ4n) is 2.54. The summed E-state index contributed by atoms with van der Waals surface area (Å²) < 4.78 is 45.9. The monoisotopic (exact) mass is 384 g/mol. The van der Waals surface area contributed by atoms with Crippen LogP contribution in [0.4, 0.5) is 10.1 Å². The van der Waals surface area contributed by atoms with Gasteiger partial charge < -0.3 is 10.1 Å². The second-order valence-corrected chi connectivity index (χ2v) is 7.98. The van der Waals surface area contributed by atoms with Gasteiger partial charge in [0, 0.05) is 30.3 Å². The van der Waals surface area contributed by atoms with Gasteiger partial charge in [0.15, 0.2) is 0 Å². The minimum Gasteiger partial charge on any atom is -0.381 e. The van der Waals surface area contributed by atoms with Crippen molar-refractivity contribution in [2.75, 3.05) is 31.6 Å². The second-order valence-electron chi connectivity index (χ2n) is 5.64. The summed E-state index contributed by atoms with van der Waals surface area (Å²) in [5.74, 6) is -0.761. The van der Waals surface area contributed by atoms with Crippen LogP contribution in [0, 0.1) is 5.82 Å². The predicted octanol–water partition coefficient (Wildman–Crippen LogP) is 3.11. The van der Waals surface area contributed by atoms with Crippen LogP contribution in [0.1, 0.15) is 5.56 Å². The van der Waals surface area contributed by atoms with Gasteiger partial charge in [0.05, 0.1) is 13.2 Å². The van der Waals surface area contributed by atoms with Gasteiger partial charge in [-0.2, -0.15) is 4.31 Å². The molecule has 0 bridgehead atoms. The number of halogens is 2. The average Bonchev–Trinajstić information content (AvgIpc) is 2.63. The van der Waals surface area contributed by atoms with Crippen LogP contribution in [0.5, 0.6) is 0 Å². The van der Waals surface area contributed by atoms with Crippen molar-refractivity contribution in [1.82, 2.24) is 4.31 Å². The summed E-state index contributed by atoms with van der Waals surface area (Å²) in [5, 5.41) is 3.75. The lowest BCUT2D eigenvalue weighted by Crippen LogP contribution is -2.40. The number of hydrogen-bond acceptors (Lipinski definition) is 4. The van der Waals surface area contributed by atoms with Gasteiger partial charge in [-0.15, -0.1) is 0 Å². The number of benzene rings is 2. The van der Waals surface area contributed by atoms with E-state index >= 15 is 0 Å². The Balaban J connectivity index is 1.79. The molecule has 25 heavy (non-hydrogen) atoms. The highest BCUT2D eigenvalue weighted by Gasteiger charge is 2.29. The molecule has 0 atom stereocenters. The van der Waals surface area contributed by atoms with Crippen LogP contribution < -0.4 is 5.32 Å². The third-order valence-corrected chi connectivity index (χ3v) is 6.09. The summed E-state index contributed by atoms with van der Waals surface area (Å²) in [5.41, 5.74) is 1.51. The Labute approximate surface area is 151 Å². The third kappa shape index (κ3) is 4.30. The van der Waals surface area contributed by atoms with Crippen LogP contribution in [0.2, 0.25) is 5.02 Å². The van der Waals surface area contributed by atoms with Crippen molar-refractivity contribution in [3.05, 3.63) is 58.9 Å². The van der Waals surface area contributed by atoms with Gasteiger partial charge in [-0.05, 0) is 35.9 Å². The Kier molecular flexibility index (Phi) is 5.58. The SMILES string of the molecule is O=S(=O)(c1cc(NCc2ccc(Cl)cc2)ccc1F)N1CCOCC1. The van der Waals surface area contributed by atoms with E-state index in [1.165, 1.54) is 16.4 Å². The molecule has 1 N–H and O–H groups in total. The topological polar surface area (TPSA) is 58.6 Å². The lowest BCUT2D eigenvalue weighted by atomic mass is 10.2. The lowest BCUT2D eigenvalue weighted by molar-refractivity contribution is 0.0729. The van der Waals surface area contributed by atoms with E-state index in [0.717, 1.165) is 11.6 Å². The average molecular weight is 385 g/mol. The number of nitrogens with one attached hydrogen (secondary N) is 1. The molecule has 1 aliphatic rings. The van der Waals surface area contributed by atoms with Crippen LogP contribution in [-0.2, 0) is 21.3 Å². The Morgan fingerprint density at radius 3 is 2.48 bits per heavy atom. The highest BCUT2D eigenvalue weighted by atomic mass is 35.5. The fraction of sp³-hybridized carbons (Fsp3) is 0.294. The molecule has 3 rings (SSSR count). The largest absolute Gasteiger partial charge is 0.381 e. The van der Waals surface area contributed by atoms with E-state index in [1.54, 1.807) is 12.1 Å². The first-order chi connectivity index (χ1) is 12.0. The number of sulfonamides is 1. The normalized spacial score (nSPS) is 15.9. The molecule has 1 heterocycles. The predicted molar refractivity (Wildman–Crippen MR) is 94.8 cm³/mol. The van der Waals surface area contributed by atoms with E-state index in [-0.39, 0.29) is 18.0 Å². The number of rotatable bonds is 5. The van der Waals surface area contributed by atoms with Crippen molar-refractivity contribution in [2.24, 2.45) is 0 Å². The molecule has 8 heteroatoms. The Bertz CT molecular complexity index is 837. The third-order valence-electron chi connectivity index (χ3n) is 3.93. The minimum atomic E-state index is -3.88. The summed E-state index contributed by atoms with van der Waals surface area (Å²) in [7, 11) is -3.88. The maximum Gasteiger partial charge on any atom is 0.246 e. The summed E-state index contributed by atoms with van der Waals surface area (Å²) in [6.07, 6.45) is 0. The number of morpholine rings is 1. The molecular formula is C17H18ClFN2O3S. The van der Waals surface area contributed by atoms with Crippen LogP contribution in [0.25, 0.3) is 0 Å². The van der Waals surface area contributed by atoms with Crippen molar-refractivity contribution >= 4 is 27.3 Å². The van der Waals surface area contributed by atoms with E-state index in [9.17, 15) is 12.8 Å². The van der Waals surface area contributed by atoms with Crippen molar-refractivity contribution in [2.45, 2.75) is 11.4 Å². The number of hydrogen-bond donors (Lipinski definition) is 1. The van der Waals surface area contributed by atoms with Gasteiger partial charge in [-0.1, -0.05) is 23.7 Å². The summed E-state index contributed by atoms with van der Waals surface area (Å²) in [4.78, 5) is -0.324. The summed E-state index contributed by atoms with van der Waals surface area (Å²) >= 11 is 5.85. The molecule has 0 unspecified atom stereocenters. The van der Waals surface area contributed by atoms with E-state index in [4.69, 9.17) is 16.3 Å². The van der Waals surface area contributed by atoms with Gasteiger partial charge in [0.2, 0.25) is 10.0 Å². The van der Waals surface area contributed by atoms with Crippen LogP contribution in [-0.4, -0.2) is 39.0 Å². The van der Waals surface area contributed by atoms with Crippen molar-refractivity contribution in [3.63, 3.8) is 0 Å². The summed E-state index contributed by atoms with van der Waals surface area (Å²) in [6.45, 7) is 1.55. The van der Waals surface area contributed by atoms with E-state index < -0.39 is 15.8 Å². The van der Waals surface area contributed by atoms with Crippen molar-refractivity contribution < 1.29 is 17.5 Å². The molecule has 1 fully saturated rings. The molecule has 1 saturated heterocycles. The molecule has 2 aromatic carbocycles. The van der Waals surface area contributed by atoms with Gasteiger partial charge in [0.25, 0.3) is 0 Å². The van der Waals surface area contributed by atoms with Crippen molar-refractivity contribution in [1.29, 1.82) is 0 Å². The van der Waals surface area contributed by atoms with Crippen molar-refractivity contribution in [3.8, 4) is 0 Å². The number of anilines is 1. The zero-order valence-electron chi connectivity index (χ0n) is 13.4. The Morgan fingerprint density at radius 2 is 1.80 bits per heavy atom. The van der Waals surface area contributed by atoms with Crippen LogP contribution >= 0.6 is 11.6 Å². The minimum absolute atomic E-state index is 0.226. The molecule has 1 aliphatic heterocycles. The number of nitrogens with zero attached hydrogens (tertiary/aromatic N) is 1. The van der Waals surface area contributed by atoms with E-state index in [1.807, 2.05) is 12.1 Å². The molecule has 5 nitrogen and oxygen atoms in total. The molecule has 0 aromatic heterocycles. The molecular weight excluding hydrogens is 367 g/mol. The Hall–Kier alpha value is -1.67. The summed E-state index contributed by atoms with van der Waals surface area (Å²) in [6, 6.07) is 11.3. The zero-order chi connectivity index (χ0) is 17.9. The highest BCUT2D eigenvalue weighted by Crippen LogP contribution is 2.24. The maximum atomic E-state index is 14.1. The standard InChI is InChI=1S/C17H18ClFN2O3S/c18-14-3-1-13(2-4-14)12-20-15-5-6-16(19)17(11-15)25(22,23)21-7-9-24-10-8-21/h1-6,11,20H,7-10,12H2. The molecule has 2 aromatic rings. The first-order valence-corrected chi connectivity index (χ1v) is 9.64. The fourth-order valence-corrected chi connectivity index (χ4v) is 4.17. The highest BCUT2D eigenvalue weighted by molar-refractivity contribution is 7.89. The first-order valence-electron chi connectivity index (χ1n) is 7.82. The molecule has 0 amide bonds. The van der Waals surface area contributed by atoms with E-state index in [2.05, 4.69) is 5.32 Å². The van der Waals surface area contributed by atoms with Crippen LogP contribution in [0.15, 0.2) is 47.4 Å². The van der Waals surface area contributed by atoms with Gasteiger partial charge in [0.1, 0.15) is 10.7 Å². The van der Waals surface area contributed by atoms with Gasteiger partial charge >= 0.3 is 0 Å². The smallest absolute Gasteiger partial charge is 0.246 e. The molecule has 0 saturated carbocycles. The molecule has 134 valence electrons. The van der Waals surface area contributed by atoms with Crippen LogP contribution in [0.3, 0.4) is 0 Å². The second kappa shape index (κ2) is 7.70. The van der Waals surface area contributed by atoms with Gasteiger partial charge in [-0.3, -0.25) is 0 Å². The molecule has 0 spiro atoms. The Morgan fingerprint density at radius 1 is 1.12 bits per heavy atom.